The van der Waals surface area contributed by atoms with E-state index in [-0.39, 0.29) is 0 Å². The molecule has 0 bridgehead atoms. The van der Waals surface area contributed by atoms with Crippen molar-refractivity contribution in [1.29, 1.82) is 5.26 Å². The van der Waals surface area contributed by atoms with Gasteiger partial charge in [-0.05, 0) is 33.4 Å². The number of nitriles is 1. The molecule has 0 amide bonds. The average Bonchev–Trinajstić information content (AvgIpc) is 2.40. The van der Waals surface area contributed by atoms with Gasteiger partial charge in [0.25, 0.3) is 0 Å². The van der Waals surface area contributed by atoms with Crippen LogP contribution in [0.25, 0.3) is 0 Å². The standard InChI is InChI=1S/C13H27N3O2/c1-13(12-14,15-2)6-5-7-16(8-10-17-3)9-11-18-4/h15H,5-11H2,1-4H3. The fourth-order valence-corrected chi connectivity index (χ4v) is 1.67. The first kappa shape index (κ1) is 17.3. The van der Waals surface area contributed by atoms with Crippen molar-refractivity contribution in [3.05, 3.63) is 0 Å². The maximum Gasteiger partial charge on any atom is 0.103 e. The highest BCUT2D eigenvalue weighted by atomic mass is 16.5. The van der Waals surface area contributed by atoms with Gasteiger partial charge in [0.2, 0.25) is 0 Å². The summed E-state index contributed by atoms with van der Waals surface area (Å²) in [5, 5.41) is 12.1. The Bertz CT molecular complexity index is 235. The van der Waals surface area contributed by atoms with Crippen LogP contribution < -0.4 is 5.32 Å². The molecular formula is C13H27N3O2. The van der Waals surface area contributed by atoms with Gasteiger partial charge < -0.3 is 14.8 Å². The van der Waals surface area contributed by atoms with Crippen LogP contribution in [0.1, 0.15) is 19.8 Å². The molecule has 106 valence electrons. The molecule has 18 heavy (non-hydrogen) atoms. The third-order valence-corrected chi connectivity index (χ3v) is 3.17. The lowest BCUT2D eigenvalue weighted by molar-refractivity contribution is 0.112. The van der Waals surface area contributed by atoms with Crippen LogP contribution in [0.5, 0.6) is 0 Å². The van der Waals surface area contributed by atoms with E-state index >= 15 is 0 Å². The van der Waals surface area contributed by atoms with Crippen molar-refractivity contribution in [2.75, 3.05) is 54.1 Å². The van der Waals surface area contributed by atoms with E-state index in [1.165, 1.54) is 0 Å². The molecule has 0 fully saturated rings. The minimum absolute atomic E-state index is 0.422. The molecule has 0 saturated heterocycles. The molecule has 0 radical (unpaired) electrons. The lowest BCUT2D eigenvalue weighted by Crippen LogP contribution is -2.39. The van der Waals surface area contributed by atoms with E-state index in [1.807, 2.05) is 14.0 Å². The van der Waals surface area contributed by atoms with Gasteiger partial charge in [-0.2, -0.15) is 5.26 Å². The first-order chi connectivity index (χ1) is 8.61. The van der Waals surface area contributed by atoms with Crippen LogP contribution in [-0.4, -0.2) is 64.6 Å². The summed E-state index contributed by atoms with van der Waals surface area (Å²) in [7, 11) is 5.25. The van der Waals surface area contributed by atoms with Gasteiger partial charge in [0.05, 0.1) is 19.3 Å². The van der Waals surface area contributed by atoms with E-state index in [0.717, 1.165) is 45.7 Å². The van der Waals surface area contributed by atoms with Crippen LogP contribution in [0.2, 0.25) is 0 Å². The third kappa shape index (κ3) is 7.62. The van der Waals surface area contributed by atoms with Crippen molar-refractivity contribution in [3.8, 4) is 6.07 Å². The molecule has 0 aliphatic heterocycles. The minimum atomic E-state index is -0.422. The zero-order valence-corrected chi connectivity index (χ0v) is 12.2. The van der Waals surface area contributed by atoms with Crippen LogP contribution in [0.4, 0.5) is 0 Å². The summed E-state index contributed by atoms with van der Waals surface area (Å²) in [6.45, 7) is 6.16. The van der Waals surface area contributed by atoms with Crippen LogP contribution in [0, 0.1) is 11.3 Å². The summed E-state index contributed by atoms with van der Waals surface area (Å²) in [6.07, 6.45) is 1.83. The topological polar surface area (TPSA) is 57.5 Å². The lowest BCUT2D eigenvalue weighted by Gasteiger charge is -2.25. The molecular weight excluding hydrogens is 230 g/mol. The number of ether oxygens (including phenoxy) is 2. The van der Waals surface area contributed by atoms with Crippen molar-refractivity contribution in [2.45, 2.75) is 25.3 Å². The Morgan fingerprint density at radius 2 is 1.72 bits per heavy atom. The monoisotopic (exact) mass is 257 g/mol. The van der Waals surface area contributed by atoms with Gasteiger partial charge in [0.1, 0.15) is 5.54 Å². The molecule has 0 rings (SSSR count). The second kappa shape index (κ2) is 10.3. The molecule has 1 atom stereocenters. The quantitative estimate of drug-likeness (QED) is 0.595. The first-order valence-electron chi connectivity index (χ1n) is 6.42. The Balaban J connectivity index is 3.97. The molecule has 0 aromatic heterocycles. The molecule has 1 N–H and O–H groups in total. The highest BCUT2D eigenvalue weighted by Gasteiger charge is 2.20. The Kier molecular flexibility index (Phi) is 9.89. The maximum atomic E-state index is 9.07. The van der Waals surface area contributed by atoms with Crippen LogP contribution in [-0.2, 0) is 9.47 Å². The molecule has 0 aromatic carbocycles. The number of nitrogens with one attached hydrogen (secondary N) is 1. The number of methoxy groups -OCH3 is 2. The minimum Gasteiger partial charge on any atom is -0.383 e. The van der Waals surface area contributed by atoms with Crippen LogP contribution >= 0.6 is 0 Å². The molecule has 0 aliphatic carbocycles. The summed E-state index contributed by atoms with van der Waals surface area (Å²) in [4.78, 5) is 2.31. The molecule has 0 heterocycles. The molecule has 0 saturated carbocycles. The van der Waals surface area contributed by atoms with Crippen molar-refractivity contribution < 1.29 is 9.47 Å². The Labute approximate surface area is 111 Å². The molecule has 0 aliphatic rings. The van der Waals surface area contributed by atoms with Gasteiger partial charge in [-0.3, -0.25) is 4.90 Å². The van der Waals surface area contributed by atoms with Gasteiger partial charge in [0, 0.05) is 27.3 Å². The van der Waals surface area contributed by atoms with Crippen LogP contribution in [0.15, 0.2) is 0 Å². The van der Waals surface area contributed by atoms with Gasteiger partial charge in [0.15, 0.2) is 0 Å². The van der Waals surface area contributed by atoms with E-state index in [2.05, 4.69) is 16.3 Å². The number of rotatable bonds is 11. The highest BCUT2D eigenvalue weighted by molar-refractivity contribution is 5.02. The molecule has 0 spiro atoms. The van der Waals surface area contributed by atoms with Crippen molar-refractivity contribution in [3.63, 3.8) is 0 Å². The fraction of sp³-hybridized carbons (Fsp3) is 0.923. The van der Waals surface area contributed by atoms with Crippen LogP contribution in [0.3, 0.4) is 0 Å². The predicted molar refractivity (Wildman–Crippen MR) is 72.5 cm³/mol. The van der Waals surface area contributed by atoms with E-state index in [4.69, 9.17) is 14.7 Å². The highest BCUT2D eigenvalue weighted by Crippen LogP contribution is 2.10. The van der Waals surface area contributed by atoms with Crippen molar-refractivity contribution >= 4 is 0 Å². The predicted octanol–water partition coefficient (Wildman–Crippen LogP) is 0.863. The first-order valence-corrected chi connectivity index (χ1v) is 6.42. The third-order valence-electron chi connectivity index (χ3n) is 3.17. The summed E-state index contributed by atoms with van der Waals surface area (Å²) < 4.78 is 10.2. The molecule has 5 heteroatoms. The molecule has 0 aromatic rings. The summed E-state index contributed by atoms with van der Waals surface area (Å²) in [5.41, 5.74) is -0.422. The zero-order chi connectivity index (χ0) is 13.9. The van der Waals surface area contributed by atoms with Gasteiger partial charge >= 0.3 is 0 Å². The van der Waals surface area contributed by atoms with E-state index in [9.17, 15) is 0 Å². The second-order valence-corrected chi connectivity index (χ2v) is 4.62. The summed E-state index contributed by atoms with van der Waals surface area (Å²) in [6, 6.07) is 2.31. The smallest absolute Gasteiger partial charge is 0.103 e. The van der Waals surface area contributed by atoms with Crippen molar-refractivity contribution in [2.24, 2.45) is 0 Å². The Morgan fingerprint density at radius 3 is 2.11 bits per heavy atom. The van der Waals surface area contributed by atoms with E-state index in [1.54, 1.807) is 14.2 Å². The number of nitrogens with zero attached hydrogens (tertiary/aromatic N) is 2. The second-order valence-electron chi connectivity index (χ2n) is 4.62. The number of hydrogen-bond acceptors (Lipinski definition) is 5. The SMILES string of the molecule is CNC(C)(C#N)CCCN(CCOC)CCOC. The molecule has 1 unspecified atom stereocenters. The Hall–Kier alpha value is -0.670. The summed E-state index contributed by atoms with van der Waals surface area (Å²) >= 11 is 0. The maximum absolute atomic E-state index is 9.07. The normalized spacial score (nSPS) is 14.4. The van der Waals surface area contributed by atoms with Crippen molar-refractivity contribution in [1.82, 2.24) is 10.2 Å². The van der Waals surface area contributed by atoms with Gasteiger partial charge in [-0.15, -0.1) is 0 Å². The largest absolute Gasteiger partial charge is 0.383 e. The fourth-order valence-electron chi connectivity index (χ4n) is 1.67. The lowest BCUT2D eigenvalue weighted by atomic mass is 9.98. The number of hydrogen-bond donors (Lipinski definition) is 1. The summed E-state index contributed by atoms with van der Waals surface area (Å²) in [5.74, 6) is 0. The van der Waals surface area contributed by atoms with E-state index < -0.39 is 5.54 Å². The van der Waals surface area contributed by atoms with Gasteiger partial charge in [-0.1, -0.05) is 0 Å². The Morgan fingerprint density at radius 1 is 1.17 bits per heavy atom. The van der Waals surface area contributed by atoms with Gasteiger partial charge in [-0.25, -0.2) is 0 Å². The van der Waals surface area contributed by atoms with E-state index in [0.29, 0.717) is 0 Å². The molecule has 5 nitrogen and oxygen atoms in total. The average molecular weight is 257 g/mol. The zero-order valence-electron chi connectivity index (χ0n) is 12.2.